The van der Waals surface area contributed by atoms with E-state index >= 15 is 0 Å². The minimum atomic E-state index is -4.44. The second-order valence-corrected chi connectivity index (χ2v) is 6.47. The molecule has 0 radical (unpaired) electrons. The molecule has 5 heteroatoms. The van der Waals surface area contributed by atoms with Crippen molar-refractivity contribution in [1.29, 1.82) is 0 Å². The van der Waals surface area contributed by atoms with Crippen LogP contribution in [0.4, 0.5) is 24.5 Å². The molecule has 0 saturated heterocycles. The van der Waals surface area contributed by atoms with Crippen LogP contribution in [0.3, 0.4) is 0 Å². The largest absolute Gasteiger partial charge is 0.429 e. The molecular formula is C16H19F3N2. The van der Waals surface area contributed by atoms with Crippen molar-refractivity contribution in [1.82, 2.24) is 0 Å². The number of fused-ring (bicyclic) bond motifs is 1. The van der Waals surface area contributed by atoms with Gasteiger partial charge in [-0.3, -0.25) is 4.99 Å². The highest BCUT2D eigenvalue weighted by Crippen LogP contribution is 2.38. The number of hydrogen-bond donors (Lipinski definition) is 0. The summed E-state index contributed by atoms with van der Waals surface area (Å²) in [5.41, 5.74) is 2.00. The number of halogens is 3. The maximum Gasteiger partial charge on any atom is 0.429 e. The summed E-state index contributed by atoms with van der Waals surface area (Å²) < 4.78 is 39.5. The summed E-state index contributed by atoms with van der Waals surface area (Å²) >= 11 is 0. The Bertz CT molecular complexity index is 577. The highest BCUT2D eigenvalue weighted by molar-refractivity contribution is 6.12. The first-order valence-electron chi connectivity index (χ1n) is 6.82. The van der Waals surface area contributed by atoms with Crippen molar-refractivity contribution in [2.24, 2.45) is 15.4 Å². The molecule has 1 aliphatic rings. The third-order valence-electron chi connectivity index (χ3n) is 3.63. The lowest BCUT2D eigenvalue weighted by molar-refractivity contribution is -0.0597. The molecule has 0 N–H and O–H groups in total. The van der Waals surface area contributed by atoms with Crippen LogP contribution >= 0.6 is 0 Å². The lowest BCUT2D eigenvalue weighted by Crippen LogP contribution is -2.30. The fourth-order valence-electron chi connectivity index (χ4n) is 2.09. The topological polar surface area (TPSA) is 24.7 Å². The van der Waals surface area contributed by atoms with E-state index < -0.39 is 17.3 Å². The lowest BCUT2D eigenvalue weighted by Gasteiger charge is -2.21. The zero-order valence-corrected chi connectivity index (χ0v) is 12.9. The van der Waals surface area contributed by atoms with Gasteiger partial charge in [0.05, 0.1) is 11.4 Å². The van der Waals surface area contributed by atoms with Gasteiger partial charge >= 0.3 is 6.18 Å². The van der Waals surface area contributed by atoms with Crippen LogP contribution in [0.15, 0.2) is 22.1 Å². The number of hydrogen-bond acceptors (Lipinski definition) is 2. The average molecular weight is 296 g/mol. The van der Waals surface area contributed by atoms with Crippen LogP contribution < -0.4 is 0 Å². The van der Waals surface area contributed by atoms with E-state index in [0.29, 0.717) is 17.1 Å². The minimum absolute atomic E-state index is 0.264. The van der Waals surface area contributed by atoms with Crippen LogP contribution in [0, 0.1) is 19.3 Å². The number of benzene rings is 1. The predicted molar refractivity (Wildman–Crippen MR) is 80.2 cm³/mol. The Morgan fingerprint density at radius 3 is 1.67 bits per heavy atom. The van der Waals surface area contributed by atoms with Gasteiger partial charge in [-0.1, -0.05) is 20.8 Å². The van der Waals surface area contributed by atoms with Gasteiger partial charge < -0.3 is 0 Å². The van der Waals surface area contributed by atoms with Crippen molar-refractivity contribution in [3.63, 3.8) is 0 Å². The molecule has 21 heavy (non-hydrogen) atoms. The number of aliphatic imine (C=N–C) groups is 2. The fraction of sp³-hybridized carbons (Fsp3) is 0.500. The third-order valence-corrected chi connectivity index (χ3v) is 3.63. The second-order valence-electron chi connectivity index (χ2n) is 6.47. The Hall–Kier alpha value is -1.65. The first kappa shape index (κ1) is 15.7. The average Bonchev–Trinajstić information content (AvgIpc) is 2.48. The minimum Gasteiger partial charge on any atom is -0.255 e. The molecule has 0 unspecified atom stereocenters. The Morgan fingerprint density at radius 2 is 1.29 bits per heavy atom. The Morgan fingerprint density at radius 1 is 0.857 bits per heavy atom. The Balaban J connectivity index is 2.70. The molecule has 114 valence electrons. The summed E-state index contributed by atoms with van der Waals surface area (Å²) in [5, 5.41) is 0. The van der Waals surface area contributed by atoms with Gasteiger partial charge in [0, 0.05) is 17.5 Å². The van der Waals surface area contributed by atoms with Crippen LogP contribution in [0.25, 0.3) is 0 Å². The molecule has 1 aromatic rings. The maximum atomic E-state index is 13.2. The van der Waals surface area contributed by atoms with E-state index in [4.69, 9.17) is 0 Å². The number of alkyl halides is 3. The van der Waals surface area contributed by atoms with Crippen molar-refractivity contribution < 1.29 is 13.2 Å². The van der Waals surface area contributed by atoms with Gasteiger partial charge in [-0.05, 0) is 37.1 Å². The van der Waals surface area contributed by atoms with Crippen LogP contribution in [0.2, 0.25) is 0 Å². The maximum absolute atomic E-state index is 13.2. The van der Waals surface area contributed by atoms with Crippen molar-refractivity contribution in [3.8, 4) is 0 Å². The quantitative estimate of drug-likeness (QED) is 0.607. The highest BCUT2D eigenvalue weighted by atomic mass is 19.4. The molecule has 0 saturated carbocycles. The van der Waals surface area contributed by atoms with E-state index in [0.717, 1.165) is 11.1 Å². The molecular weight excluding hydrogens is 277 g/mol. The Labute approximate surface area is 122 Å². The van der Waals surface area contributed by atoms with Crippen LogP contribution in [-0.4, -0.2) is 17.6 Å². The standard InChI is InChI=1S/C16H19F3N2/c1-9-6-11-12(7-10(9)2)21-14(16(17,18)19)8-13(20-11)15(3,4)5/h6-7H,8H2,1-5H3. The summed E-state index contributed by atoms with van der Waals surface area (Å²) in [4.78, 5) is 8.33. The number of nitrogens with zero attached hydrogens (tertiary/aromatic N) is 2. The summed E-state index contributed by atoms with van der Waals surface area (Å²) in [7, 11) is 0. The van der Waals surface area contributed by atoms with Crippen LogP contribution in [0.1, 0.15) is 38.3 Å². The lowest BCUT2D eigenvalue weighted by atomic mass is 9.86. The number of aryl methyl sites for hydroxylation is 2. The normalized spacial score (nSPS) is 16.0. The molecule has 2 nitrogen and oxygen atoms in total. The summed E-state index contributed by atoms with van der Waals surface area (Å²) in [6.07, 6.45) is -4.70. The molecule has 1 aliphatic heterocycles. The van der Waals surface area contributed by atoms with Gasteiger partial charge in [0.2, 0.25) is 0 Å². The molecule has 0 fully saturated rings. The highest BCUT2D eigenvalue weighted by Gasteiger charge is 2.39. The summed E-state index contributed by atoms with van der Waals surface area (Å²) in [6.45, 7) is 9.38. The van der Waals surface area contributed by atoms with Gasteiger partial charge in [0.25, 0.3) is 0 Å². The van der Waals surface area contributed by atoms with Crippen molar-refractivity contribution in [2.45, 2.75) is 47.2 Å². The fourth-order valence-corrected chi connectivity index (χ4v) is 2.09. The molecule has 0 amide bonds. The third kappa shape index (κ3) is 3.34. The van der Waals surface area contributed by atoms with Crippen molar-refractivity contribution >= 4 is 22.8 Å². The molecule has 1 aromatic carbocycles. The molecule has 0 aromatic heterocycles. The predicted octanol–water partition coefficient (Wildman–Crippen LogP) is 5.46. The van der Waals surface area contributed by atoms with E-state index in [-0.39, 0.29) is 6.42 Å². The molecule has 0 bridgehead atoms. The smallest absolute Gasteiger partial charge is 0.255 e. The van der Waals surface area contributed by atoms with Gasteiger partial charge in [0.1, 0.15) is 5.71 Å². The molecule has 0 spiro atoms. The molecule has 0 atom stereocenters. The van der Waals surface area contributed by atoms with E-state index in [9.17, 15) is 13.2 Å². The van der Waals surface area contributed by atoms with Crippen molar-refractivity contribution in [3.05, 3.63) is 23.3 Å². The first-order chi connectivity index (χ1) is 9.48. The van der Waals surface area contributed by atoms with Crippen LogP contribution in [0.5, 0.6) is 0 Å². The second kappa shape index (κ2) is 4.97. The molecule has 0 aliphatic carbocycles. The van der Waals surface area contributed by atoms with Gasteiger partial charge in [0.15, 0.2) is 0 Å². The summed E-state index contributed by atoms with van der Waals surface area (Å²) in [5.74, 6) is 0. The van der Waals surface area contributed by atoms with E-state index in [1.807, 2.05) is 34.6 Å². The molecule has 2 rings (SSSR count). The van der Waals surface area contributed by atoms with Crippen LogP contribution in [-0.2, 0) is 0 Å². The number of rotatable bonds is 0. The molecule has 1 heterocycles. The Kier molecular flexibility index (Phi) is 3.72. The monoisotopic (exact) mass is 296 g/mol. The SMILES string of the molecule is Cc1cc2c(cc1C)N=C(C(F)(F)F)CC(C(C)(C)C)=N2. The van der Waals surface area contributed by atoms with Gasteiger partial charge in [-0.15, -0.1) is 0 Å². The zero-order valence-electron chi connectivity index (χ0n) is 12.9. The van der Waals surface area contributed by atoms with Crippen molar-refractivity contribution in [2.75, 3.05) is 0 Å². The van der Waals surface area contributed by atoms with Gasteiger partial charge in [-0.25, -0.2) is 4.99 Å². The first-order valence-corrected chi connectivity index (χ1v) is 6.82. The van der Waals surface area contributed by atoms with E-state index in [1.165, 1.54) is 0 Å². The zero-order chi connectivity index (χ0) is 16.0. The summed E-state index contributed by atoms with van der Waals surface area (Å²) in [6, 6.07) is 3.48. The van der Waals surface area contributed by atoms with E-state index in [1.54, 1.807) is 12.1 Å². The van der Waals surface area contributed by atoms with Gasteiger partial charge in [-0.2, -0.15) is 13.2 Å². The van der Waals surface area contributed by atoms with E-state index in [2.05, 4.69) is 9.98 Å².